The van der Waals surface area contributed by atoms with Crippen molar-refractivity contribution in [3.63, 3.8) is 0 Å². The van der Waals surface area contributed by atoms with Gasteiger partial charge in [0.05, 0.1) is 12.0 Å². The molecule has 0 aliphatic heterocycles. The molecule has 188 valence electrons. The summed E-state index contributed by atoms with van der Waals surface area (Å²) in [5.41, 5.74) is 4.17. The van der Waals surface area contributed by atoms with Gasteiger partial charge in [-0.1, -0.05) is 29.8 Å². The van der Waals surface area contributed by atoms with Gasteiger partial charge in [0.15, 0.2) is 0 Å². The number of amides is 1. The molecule has 0 aliphatic carbocycles. The normalized spacial score (nSPS) is 12.7. The van der Waals surface area contributed by atoms with Crippen molar-refractivity contribution in [2.24, 2.45) is 0 Å². The second-order valence-corrected chi connectivity index (χ2v) is 10.9. The quantitative estimate of drug-likeness (QED) is 0.351. The number of carbonyl (C=O) groups excluding carboxylic acids is 1. The van der Waals surface area contributed by atoms with E-state index in [1.165, 1.54) is 0 Å². The van der Waals surface area contributed by atoms with Gasteiger partial charge >= 0.3 is 0 Å². The maximum atomic E-state index is 12.9. The first-order valence-electron chi connectivity index (χ1n) is 12.1. The number of nitrogens with one attached hydrogen (secondary N) is 2. The minimum Gasteiger partial charge on any atom is -0.321 e. The number of halogens is 1. The molecule has 2 N–H and O–H groups in total. The Morgan fingerprint density at radius 2 is 1.94 bits per heavy atom. The number of aryl methyl sites for hydroxylation is 1. The first-order chi connectivity index (χ1) is 16.6. The van der Waals surface area contributed by atoms with Crippen LogP contribution in [0, 0.1) is 6.92 Å². The molecule has 2 aromatic heterocycles. The van der Waals surface area contributed by atoms with Crippen molar-refractivity contribution < 1.29 is 4.79 Å². The maximum Gasteiger partial charge on any atom is 0.274 e. The van der Waals surface area contributed by atoms with Crippen molar-refractivity contribution >= 4 is 27.5 Å². The van der Waals surface area contributed by atoms with Gasteiger partial charge in [-0.05, 0) is 76.6 Å². The first kappa shape index (κ1) is 27.0. The van der Waals surface area contributed by atoms with Gasteiger partial charge in [-0.25, -0.2) is 4.98 Å². The molecule has 1 amide bonds. The largest absolute Gasteiger partial charge is 0.321 e. The van der Waals surface area contributed by atoms with E-state index in [-0.39, 0.29) is 11.4 Å². The Bertz CT molecular complexity index is 1140. The smallest absolute Gasteiger partial charge is 0.274 e. The van der Waals surface area contributed by atoms with Crippen molar-refractivity contribution in [1.29, 1.82) is 0 Å². The number of pyridine rings is 1. The topological polar surface area (TPSA) is 75.1 Å². The molecule has 1 unspecified atom stereocenters. The predicted octanol–water partition coefficient (Wildman–Crippen LogP) is 5.58. The highest BCUT2D eigenvalue weighted by atomic mass is 79.9. The third-order valence-electron chi connectivity index (χ3n) is 5.66. The van der Waals surface area contributed by atoms with Crippen LogP contribution in [0.1, 0.15) is 62.8 Å². The van der Waals surface area contributed by atoms with Crippen LogP contribution in [-0.4, -0.2) is 50.0 Å². The van der Waals surface area contributed by atoms with Crippen molar-refractivity contribution in [2.75, 3.05) is 18.4 Å². The molecule has 3 rings (SSSR count). The molecular weight excluding hydrogens is 504 g/mol. The second-order valence-electron chi connectivity index (χ2n) is 9.95. The molecule has 7 nitrogen and oxygen atoms in total. The number of anilines is 1. The number of imidazole rings is 1. The average Bonchev–Trinajstić information content (AvgIpc) is 3.23. The summed E-state index contributed by atoms with van der Waals surface area (Å²) in [5.74, 6) is -0.246. The van der Waals surface area contributed by atoms with Crippen LogP contribution in [0.5, 0.6) is 0 Å². The number of hydrogen-bond acceptors (Lipinski definition) is 5. The zero-order valence-electron chi connectivity index (χ0n) is 21.6. The van der Waals surface area contributed by atoms with Gasteiger partial charge in [-0.3, -0.25) is 14.7 Å². The monoisotopic (exact) mass is 540 g/mol. The van der Waals surface area contributed by atoms with Crippen molar-refractivity contribution in [3.05, 3.63) is 70.5 Å². The van der Waals surface area contributed by atoms with E-state index in [1.807, 2.05) is 29.8 Å². The van der Waals surface area contributed by atoms with E-state index in [2.05, 4.69) is 82.1 Å². The molecule has 35 heavy (non-hydrogen) atoms. The molecule has 1 atom stereocenters. The highest BCUT2D eigenvalue weighted by molar-refractivity contribution is 9.10. The van der Waals surface area contributed by atoms with E-state index in [9.17, 15) is 4.79 Å². The summed E-state index contributed by atoms with van der Waals surface area (Å²) in [6.45, 7) is 15.7. The van der Waals surface area contributed by atoms with Gasteiger partial charge in [0.25, 0.3) is 5.91 Å². The molecule has 0 spiro atoms. The Hall–Kier alpha value is -2.55. The molecular formula is C27H37BrN6O. The van der Waals surface area contributed by atoms with Gasteiger partial charge in [-0.15, -0.1) is 0 Å². The lowest BCUT2D eigenvalue weighted by atomic mass is 10.0. The van der Waals surface area contributed by atoms with Gasteiger partial charge < -0.3 is 15.2 Å². The molecule has 3 aromatic rings. The lowest BCUT2D eigenvalue weighted by Crippen LogP contribution is -2.48. The summed E-state index contributed by atoms with van der Waals surface area (Å²) in [7, 11) is 0. The lowest BCUT2D eigenvalue weighted by molar-refractivity contribution is 0.102. The summed E-state index contributed by atoms with van der Waals surface area (Å²) in [5, 5.41) is 6.77. The molecule has 0 radical (unpaired) electrons. The summed E-state index contributed by atoms with van der Waals surface area (Å²) >= 11 is 3.41. The van der Waals surface area contributed by atoms with Crippen molar-refractivity contribution in [3.8, 4) is 5.69 Å². The molecule has 0 aliphatic rings. The highest BCUT2D eigenvalue weighted by Gasteiger charge is 2.19. The van der Waals surface area contributed by atoms with Crippen molar-refractivity contribution in [2.45, 2.75) is 66.1 Å². The van der Waals surface area contributed by atoms with Crippen LogP contribution in [0.4, 0.5) is 5.69 Å². The van der Waals surface area contributed by atoms with E-state index in [0.29, 0.717) is 11.7 Å². The van der Waals surface area contributed by atoms with Crippen LogP contribution in [-0.2, 0) is 6.54 Å². The SMILES string of the molecule is CCC(CN(CC)Cc1cc(NC(=O)c2cc(Br)ccn2)cc(-n2cnc(C)c2)c1)NC(C)(C)C. The van der Waals surface area contributed by atoms with E-state index in [0.717, 1.165) is 53.2 Å². The number of aromatic nitrogens is 3. The van der Waals surface area contributed by atoms with Gasteiger partial charge in [0.2, 0.25) is 0 Å². The van der Waals surface area contributed by atoms with Crippen LogP contribution in [0.3, 0.4) is 0 Å². The lowest BCUT2D eigenvalue weighted by Gasteiger charge is -2.32. The standard InChI is InChI=1S/C27H37BrN6O/c1-7-22(32-27(4,5)6)17-33(8-2)16-20-11-23(14-24(12-20)34-15-19(3)30-18-34)31-26(35)25-13-21(28)9-10-29-25/h9-15,18,22,32H,7-8,16-17H2,1-6H3,(H,31,35). The van der Waals surface area contributed by atoms with E-state index < -0.39 is 0 Å². The first-order valence-corrected chi connectivity index (χ1v) is 12.9. The number of benzene rings is 1. The van der Waals surface area contributed by atoms with Gasteiger partial charge in [-0.2, -0.15) is 0 Å². The Morgan fingerprint density at radius 3 is 2.54 bits per heavy atom. The van der Waals surface area contributed by atoms with Crippen LogP contribution in [0.25, 0.3) is 5.69 Å². The third kappa shape index (κ3) is 8.26. The fourth-order valence-electron chi connectivity index (χ4n) is 4.04. The summed E-state index contributed by atoms with van der Waals surface area (Å²) in [6.07, 6.45) is 6.46. The van der Waals surface area contributed by atoms with Gasteiger partial charge in [0.1, 0.15) is 5.69 Å². The zero-order chi connectivity index (χ0) is 25.6. The fourth-order valence-corrected chi connectivity index (χ4v) is 4.37. The highest BCUT2D eigenvalue weighted by Crippen LogP contribution is 2.22. The molecule has 8 heteroatoms. The summed E-state index contributed by atoms with van der Waals surface area (Å²) in [4.78, 5) is 23.9. The second kappa shape index (κ2) is 11.9. The van der Waals surface area contributed by atoms with E-state index in [1.54, 1.807) is 24.7 Å². The molecule has 1 aromatic carbocycles. The van der Waals surface area contributed by atoms with Crippen LogP contribution >= 0.6 is 15.9 Å². The van der Waals surface area contributed by atoms with Crippen LogP contribution in [0.2, 0.25) is 0 Å². The summed E-state index contributed by atoms with van der Waals surface area (Å²) < 4.78 is 2.80. The molecule has 0 saturated carbocycles. The molecule has 2 heterocycles. The number of carbonyl (C=O) groups is 1. The van der Waals surface area contributed by atoms with E-state index >= 15 is 0 Å². The average molecular weight is 542 g/mol. The Labute approximate surface area is 217 Å². The van der Waals surface area contributed by atoms with Crippen LogP contribution < -0.4 is 10.6 Å². The minimum absolute atomic E-state index is 0.0667. The Morgan fingerprint density at radius 1 is 1.17 bits per heavy atom. The predicted molar refractivity (Wildman–Crippen MR) is 146 cm³/mol. The zero-order valence-corrected chi connectivity index (χ0v) is 23.2. The number of nitrogens with zero attached hydrogens (tertiary/aromatic N) is 4. The minimum atomic E-state index is -0.246. The number of hydrogen-bond donors (Lipinski definition) is 2. The third-order valence-corrected chi connectivity index (χ3v) is 6.16. The molecule has 0 saturated heterocycles. The molecule has 0 bridgehead atoms. The van der Waals surface area contributed by atoms with Crippen LogP contribution in [0.15, 0.2) is 53.5 Å². The fraction of sp³-hybridized carbons (Fsp3) is 0.444. The number of likely N-dealkylation sites (N-methyl/N-ethyl adjacent to an activating group) is 1. The summed E-state index contributed by atoms with van der Waals surface area (Å²) in [6, 6.07) is 10.1. The van der Waals surface area contributed by atoms with Gasteiger partial charge in [0, 0.05) is 52.9 Å². The number of rotatable bonds is 10. The Balaban J connectivity index is 1.87. The Kier molecular flexibility index (Phi) is 9.21. The molecule has 0 fully saturated rings. The van der Waals surface area contributed by atoms with E-state index in [4.69, 9.17) is 0 Å². The van der Waals surface area contributed by atoms with Crippen molar-refractivity contribution in [1.82, 2.24) is 24.8 Å². The maximum absolute atomic E-state index is 12.9.